The minimum atomic E-state index is 0.127. The van der Waals surface area contributed by atoms with Crippen LogP contribution in [0.3, 0.4) is 0 Å². The molecule has 108 valence electrons. The molecule has 0 spiro atoms. The monoisotopic (exact) mass is 257 g/mol. The highest BCUT2D eigenvalue weighted by Gasteiger charge is 2.45. The highest BCUT2D eigenvalue weighted by Crippen LogP contribution is 2.32. The first-order chi connectivity index (χ1) is 8.50. The molecule has 0 aromatic carbocycles. The molecule has 3 atom stereocenters. The van der Waals surface area contributed by atoms with Gasteiger partial charge < -0.3 is 15.4 Å². The van der Waals surface area contributed by atoms with E-state index >= 15 is 0 Å². The zero-order valence-corrected chi connectivity index (χ0v) is 12.8. The first-order valence-corrected chi connectivity index (χ1v) is 7.16. The van der Waals surface area contributed by atoms with Gasteiger partial charge in [0.05, 0.1) is 6.61 Å². The number of methoxy groups -OCH3 is 1. The molecule has 1 aliphatic rings. The molecule has 1 heterocycles. The zero-order chi connectivity index (χ0) is 13.8. The van der Waals surface area contributed by atoms with Crippen molar-refractivity contribution in [2.75, 3.05) is 40.4 Å². The molecule has 18 heavy (non-hydrogen) atoms. The molecule has 1 rings (SSSR count). The molecule has 1 saturated heterocycles. The third-order valence-corrected chi connectivity index (χ3v) is 4.62. The maximum Gasteiger partial charge on any atom is 0.0590 e. The predicted octanol–water partition coefficient (Wildman–Crippen LogP) is 1.15. The number of likely N-dealkylation sites (tertiary alicyclic amines) is 1. The first kappa shape index (κ1) is 15.9. The van der Waals surface area contributed by atoms with Crippen LogP contribution in [0.5, 0.6) is 0 Å². The van der Waals surface area contributed by atoms with Crippen molar-refractivity contribution < 1.29 is 4.74 Å². The summed E-state index contributed by atoms with van der Waals surface area (Å²) < 4.78 is 5.27. The average Bonchev–Trinajstić information content (AvgIpc) is 2.66. The van der Waals surface area contributed by atoms with Gasteiger partial charge in [-0.15, -0.1) is 0 Å². The van der Waals surface area contributed by atoms with Gasteiger partial charge in [0.15, 0.2) is 0 Å². The van der Waals surface area contributed by atoms with Gasteiger partial charge in [0.1, 0.15) is 0 Å². The average molecular weight is 257 g/mol. The number of ether oxygens (including phenoxy) is 1. The van der Waals surface area contributed by atoms with Crippen LogP contribution in [0.25, 0.3) is 0 Å². The normalized spacial score (nSPS) is 31.2. The van der Waals surface area contributed by atoms with Gasteiger partial charge in [-0.3, -0.25) is 4.90 Å². The number of likely N-dealkylation sites (N-methyl/N-ethyl adjacent to an activating group) is 1. The fourth-order valence-electron chi connectivity index (χ4n) is 3.20. The van der Waals surface area contributed by atoms with Crippen LogP contribution >= 0.6 is 0 Å². The molecule has 0 saturated carbocycles. The van der Waals surface area contributed by atoms with Crippen molar-refractivity contribution in [1.29, 1.82) is 0 Å². The van der Waals surface area contributed by atoms with E-state index in [1.165, 1.54) is 0 Å². The van der Waals surface area contributed by atoms with E-state index in [0.29, 0.717) is 12.1 Å². The van der Waals surface area contributed by atoms with Gasteiger partial charge in [0.25, 0.3) is 0 Å². The molecular weight excluding hydrogens is 226 g/mol. The predicted molar refractivity (Wildman–Crippen MR) is 76.8 cm³/mol. The van der Waals surface area contributed by atoms with Crippen molar-refractivity contribution in [2.24, 2.45) is 5.73 Å². The van der Waals surface area contributed by atoms with E-state index < -0.39 is 0 Å². The van der Waals surface area contributed by atoms with Crippen molar-refractivity contribution in [3.63, 3.8) is 0 Å². The van der Waals surface area contributed by atoms with E-state index in [-0.39, 0.29) is 5.54 Å². The molecule has 4 heteroatoms. The Bertz CT molecular complexity index is 237. The number of hydrogen-bond donors (Lipinski definition) is 1. The molecule has 3 unspecified atom stereocenters. The Balaban J connectivity index is 2.86. The summed E-state index contributed by atoms with van der Waals surface area (Å²) in [4.78, 5) is 5.01. The van der Waals surface area contributed by atoms with Crippen LogP contribution in [-0.2, 0) is 4.74 Å². The van der Waals surface area contributed by atoms with Crippen LogP contribution in [0.15, 0.2) is 0 Å². The molecule has 0 radical (unpaired) electrons. The lowest BCUT2D eigenvalue weighted by Crippen LogP contribution is -2.59. The molecule has 0 aliphatic carbocycles. The molecule has 1 aliphatic heterocycles. The van der Waals surface area contributed by atoms with Gasteiger partial charge in [-0.05, 0) is 33.7 Å². The van der Waals surface area contributed by atoms with E-state index in [9.17, 15) is 0 Å². The first-order valence-electron chi connectivity index (χ1n) is 7.16. The molecule has 4 nitrogen and oxygen atoms in total. The smallest absolute Gasteiger partial charge is 0.0590 e. The zero-order valence-electron chi connectivity index (χ0n) is 12.8. The number of nitrogens with two attached hydrogens (primary N) is 1. The van der Waals surface area contributed by atoms with Crippen molar-refractivity contribution in [1.82, 2.24) is 9.80 Å². The Morgan fingerprint density at radius 2 is 2.22 bits per heavy atom. The fraction of sp³-hybridized carbons (Fsp3) is 1.00. The molecule has 0 aromatic rings. The van der Waals surface area contributed by atoms with Gasteiger partial charge in [0, 0.05) is 44.4 Å². The van der Waals surface area contributed by atoms with E-state index in [2.05, 4.69) is 37.6 Å². The van der Waals surface area contributed by atoms with Crippen LogP contribution in [0.4, 0.5) is 0 Å². The van der Waals surface area contributed by atoms with Gasteiger partial charge in [-0.1, -0.05) is 6.92 Å². The Labute approximate surface area is 112 Å². The second kappa shape index (κ2) is 6.85. The van der Waals surface area contributed by atoms with Crippen LogP contribution < -0.4 is 5.73 Å². The van der Waals surface area contributed by atoms with Crippen LogP contribution in [0.1, 0.15) is 33.6 Å². The maximum atomic E-state index is 6.15. The van der Waals surface area contributed by atoms with Gasteiger partial charge in [-0.25, -0.2) is 0 Å². The van der Waals surface area contributed by atoms with Crippen LogP contribution in [-0.4, -0.2) is 67.8 Å². The Morgan fingerprint density at radius 1 is 1.56 bits per heavy atom. The van der Waals surface area contributed by atoms with Gasteiger partial charge in [0.2, 0.25) is 0 Å². The minimum Gasteiger partial charge on any atom is -0.383 e. The minimum absolute atomic E-state index is 0.127. The standard InChI is InChI=1S/C14H31N3O/c1-6-12(2)17(7-8-18-5)14(10-15)9-13(3)16(4)11-14/h12-13H,6-11,15H2,1-5H3. The van der Waals surface area contributed by atoms with Crippen molar-refractivity contribution in [3.05, 3.63) is 0 Å². The quantitative estimate of drug-likeness (QED) is 0.743. The largest absolute Gasteiger partial charge is 0.383 e. The number of hydrogen-bond acceptors (Lipinski definition) is 4. The lowest BCUT2D eigenvalue weighted by atomic mass is 9.91. The van der Waals surface area contributed by atoms with E-state index in [1.807, 2.05) is 0 Å². The van der Waals surface area contributed by atoms with Crippen molar-refractivity contribution in [3.8, 4) is 0 Å². The second-order valence-corrected chi connectivity index (χ2v) is 5.84. The molecular formula is C14H31N3O. The molecule has 0 bridgehead atoms. The molecule has 0 aromatic heterocycles. The summed E-state index contributed by atoms with van der Waals surface area (Å²) >= 11 is 0. The summed E-state index contributed by atoms with van der Waals surface area (Å²) in [5, 5.41) is 0. The SMILES string of the molecule is CCC(C)N(CCOC)C1(CN)CC(C)N(C)C1. The van der Waals surface area contributed by atoms with Crippen molar-refractivity contribution >= 4 is 0 Å². The summed E-state index contributed by atoms with van der Waals surface area (Å²) in [7, 11) is 3.97. The van der Waals surface area contributed by atoms with Gasteiger partial charge in [-0.2, -0.15) is 0 Å². The van der Waals surface area contributed by atoms with E-state index in [1.54, 1.807) is 7.11 Å². The summed E-state index contributed by atoms with van der Waals surface area (Å²) in [6.07, 6.45) is 2.32. The third-order valence-electron chi connectivity index (χ3n) is 4.62. The third kappa shape index (κ3) is 3.23. The summed E-state index contributed by atoms with van der Waals surface area (Å²) in [5.74, 6) is 0. The van der Waals surface area contributed by atoms with Crippen molar-refractivity contribution in [2.45, 2.75) is 51.2 Å². The molecule has 0 amide bonds. The van der Waals surface area contributed by atoms with Gasteiger partial charge >= 0.3 is 0 Å². The number of nitrogens with zero attached hydrogens (tertiary/aromatic N) is 2. The second-order valence-electron chi connectivity index (χ2n) is 5.84. The maximum absolute atomic E-state index is 6.15. The number of rotatable bonds is 7. The Hall–Kier alpha value is -0.160. The highest BCUT2D eigenvalue weighted by molar-refractivity contribution is 5.03. The highest BCUT2D eigenvalue weighted by atomic mass is 16.5. The Morgan fingerprint density at radius 3 is 2.61 bits per heavy atom. The van der Waals surface area contributed by atoms with Crippen LogP contribution in [0, 0.1) is 0 Å². The Kier molecular flexibility index (Phi) is 6.05. The van der Waals surface area contributed by atoms with E-state index in [0.717, 1.165) is 39.1 Å². The molecule has 1 fully saturated rings. The summed E-state index contributed by atoms with van der Waals surface area (Å²) in [6.45, 7) is 10.4. The summed E-state index contributed by atoms with van der Waals surface area (Å²) in [6, 6.07) is 1.17. The lowest BCUT2D eigenvalue weighted by Gasteiger charge is -2.44. The lowest BCUT2D eigenvalue weighted by molar-refractivity contribution is 0.0330. The summed E-state index contributed by atoms with van der Waals surface area (Å²) in [5.41, 5.74) is 6.28. The topological polar surface area (TPSA) is 41.7 Å². The fourth-order valence-corrected chi connectivity index (χ4v) is 3.20. The molecule has 2 N–H and O–H groups in total. The van der Waals surface area contributed by atoms with Crippen LogP contribution in [0.2, 0.25) is 0 Å². The van der Waals surface area contributed by atoms with E-state index in [4.69, 9.17) is 10.5 Å².